The van der Waals surface area contributed by atoms with Gasteiger partial charge in [-0.15, -0.1) is 11.6 Å². The van der Waals surface area contributed by atoms with Gasteiger partial charge < -0.3 is 5.32 Å². The number of alkyl halides is 1. The number of aromatic nitrogens is 1. The Labute approximate surface area is 122 Å². The smallest absolute Gasteiger partial charge is 0.226 e. The van der Waals surface area contributed by atoms with Gasteiger partial charge in [-0.3, -0.25) is 4.79 Å². The molecule has 5 heteroatoms. The van der Waals surface area contributed by atoms with Crippen molar-refractivity contribution in [1.29, 1.82) is 0 Å². The molecule has 102 valence electrons. The molecule has 2 aromatic rings. The number of hydrogen-bond acceptors (Lipinski definition) is 3. The first kappa shape index (κ1) is 14.3. The largest absolute Gasteiger partial charge is 0.302 e. The van der Waals surface area contributed by atoms with E-state index in [2.05, 4.69) is 29.4 Å². The van der Waals surface area contributed by atoms with Crippen LogP contribution >= 0.6 is 22.9 Å². The summed E-state index contributed by atoms with van der Waals surface area (Å²) < 4.78 is 1.12. The van der Waals surface area contributed by atoms with Crippen LogP contribution in [0, 0.1) is 13.8 Å². The zero-order valence-corrected chi connectivity index (χ0v) is 12.7. The maximum atomic E-state index is 11.7. The molecule has 19 heavy (non-hydrogen) atoms. The van der Waals surface area contributed by atoms with Crippen LogP contribution < -0.4 is 5.32 Å². The van der Waals surface area contributed by atoms with E-state index in [-0.39, 0.29) is 5.91 Å². The highest BCUT2D eigenvalue weighted by molar-refractivity contribution is 7.22. The van der Waals surface area contributed by atoms with Crippen molar-refractivity contribution in [3.05, 3.63) is 23.3 Å². The number of anilines is 1. The van der Waals surface area contributed by atoms with Gasteiger partial charge in [-0.1, -0.05) is 17.4 Å². The monoisotopic (exact) mass is 296 g/mol. The topological polar surface area (TPSA) is 42.0 Å². The van der Waals surface area contributed by atoms with Crippen LogP contribution in [0.5, 0.6) is 0 Å². The molecular weight excluding hydrogens is 280 g/mol. The Balaban J connectivity index is 2.09. The number of rotatable bonds is 5. The summed E-state index contributed by atoms with van der Waals surface area (Å²) in [6.45, 7) is 4.11. The van der Waals surface area contributed by atoms with Crippen molar-refractivity contribution in [3.63, 3.8) is 0 Å². The second kappa shape index (κ2) is 6.35. The normalized spacial score (nSPS) is 10.9. The van der Waals surface area contributed by atoms with Gasteiger partial charge in [0.2, 0.25) is 5.91 Å². The van der Waals surface area contributed by atoms with Gasteiger partial charge in [-0.25, -0.2) is 4.98 Å². The molecule has 1 aromatic heterocycles. The first-order valence-corrected chi connectivity index (χ1v) is 7.69. The number of benzene rings is 1. The van der Waals surface area contributed by atoms with E-state index in [1.807, 2.05) is 6.92 Å². The zero-order chi connectivity index (χ0) is 13.8. The molecule has 0 radical (unpaired) electrons. The molecule has 2 rings (SSSR count). The summed E-state index contributed by atoms with van der Waals surface area (Å²) in [6, 6.07) is 4.21. The first-order chi connectivity index (χ1) is 9.10. The number of nitrogens with one attached hydrogen (secondary N) is 1. The number of thiazole rings is 1. The molecule has 1 amide bonds. The van der Waals surface area contributed by atoms with Crippen LogP contribution in [0.3, 0.4) is 0 Å². The van der Waals surface area contributed by atoms with Crippen molar-refractivity contribution in [2.75, 3.05) is 11.2 Å². The highest BCUT2D eigenvalue weighted by Gasteiger charge is 2.09. The molecule has 0 aliphatic heterocycles. The van der Waals surface area contributed by atoms with Gasteiger partial charge in [0.1, 0.15) is 0 Å². The average Bonchev–Trinajstić information content (AvgIpc) is 2.72. The van der Waals surface area contributed by atoms with Crippen LogP contribution in [0.15, 0.2) is 12.1 Å². The SMILES string of the molecule is Cc1cc(C)c2nc(NC(=O)CCCCCl)sc2c1. The number of nitrogens with zero attached hydrogens (tertiary/aromatic N) is 1. The lowest BCUT2D eigenvalue weighted by Crippen LogP contribution is -2.10. The minimum atomic E-state index is 0.0125. The van der Waals surface area contributed by atoms with Crippen LogP contribution in [-0.4, -0.2) is 16.8 Å². The lowest BCUT2D eigenvalue weighted by atomic mass is 10.1. The summed E-state index contributed by atoms with van der Waals surface area (Å²) in [5.41, 5.74) is 3.34. The van der Waals surface area contributed by atoms with Crippen LogP contribution in [0.4, 0.5) is 5.13 Å². The molecular formula is C14H17ClN2OS. The van der Waals surface area contributed by atoms with Crippen LogP contribution in [0.1, 0.15) is 30.4 Å². The van der Waals surface area contributed by atoms with E-state index in [9.17, 15) is 4.79 Å². The van der Waals surface area contributed by atoms with E-state index in [4.69, 9.17) is 11.6 Å². The van der Waals surface area contributed by atoms with E-state index in [1.165, 1.54) is 16.9 Å². The second-order valence-corrected chi connectivity index (χ2v) is 6.05. The van der Waals surface area contributed by atoms with Crippen LogP contribution in [-0.2, 0) is 4.79 Å². The summed E-state index contributed by atoms with van der Waals surface area (Å²) in [5.74, 6) is 0.617. The van der Waals surface area contributed by atoms with Gasteiger partial charge >= 0.3 is 0 Å². The van der Waals surface area contributed by atoms with Gasteiger partial charge in [0.15, 0.2) is 5.13 Å². The number of fused-ring (bicyclic) bond motifs is 1. The molecule has 1 aromatic carbocycles. The first-order valence-electron chi connectivity index (χ1n) is 6.34. The number of hydrogen-bond donors (Lipinski definition) is 1. The van der Waals surface area contributed by atoms with Crippen molar-refractivity contribution >= 4 is 44.2 Å². The molecule has 0 unspecified atom stereocenters. The Kier molecular flexibility index (Phi) is 4.77. The molecule has 0 aliphatic carbocycles. The van der Waals surface area contributed by atoms with Gasteiger partial charge in [-0.05, 0) is 43.9 Å². The molecule has 1 N–H and O–H groups in total. The third-order valence-electron chi connectivity index (χ3n) is 2.86. The van der Waals surface area contributed by atoms with E-state index < -0.39 is 0 Å². The number of amides is 1. The van der Waals surface area contributed by atoms with Crippen molar-refractivity contribution in [3.8, 4) is 0 Å². The summed E-state index contributed by atoms with van der Waals surface area (Å²) >= 11 is 7.11. The summed E-state index contributed by atoms with van der Waals surface area (Å²) in [4.78, 5) is 16.2. The number of unbranched alkanes of at least 4 members (excludes halogenated alkanes) is 1. The zero-order valence-electron chi connectivity index (χ0n) is 11.1. The second-order valence-electron chi connectivity index (χ2n) is 4.64. The van der Waals surface area contributed by atoms with Gasteiger partial charge in [0, 0.05) is 12.3 Å². The fraction of sp³-hybridized carbons (Fsp3) is 0.429. The molecule has 1 heterocycles. The highest BCUT2D eigenvalue weighted by Crippen LogP contribution is 2.29. The van der Waals surface area contributed by atoms with Gasteiger partial charge in [0.25, 0.3) is 0 Å². The molecule has 0 atom stereocenters. The van der Waals surface area contributed by atoms with E-state index in [0.717, 1.165) is 28.6 Å². The number of carbonyl (C=O) groups is 1. The summed E-state index contributed by atoms with van der Waals surface area (Å²) in [6.07, 6.45) is 2.19. The van der Waals surface area contributed by atoms with Crippen molar-refractivity contribution in [2.24, 2.45) is 0 Å². The summed E-state index contributed by atoms with van der Waals surface area (Å²) in [5, 5.41) is 3.54. The predicted octanol–water partition coefficient (Wildman–Crippen LogP) is 4.26. The minimum Gasteiger partial charge on any atom is -0.302 e. The van der Waals surface area contributed by atoms with Gasteiger partial charge in [0.05, 0.1) is 10.2 Å². The average molecular weight is 297 g/mol. The fourth-order valence-electron chi connectivity index (χ4n) is 1.99. The van der Waals surface area contributed by atoms with E-state index in [0.29, 0.717) is 17.4 Å². The lowest BCUT2D eigenvalue weighted by molar-refractivity contribution is -0.116. The maximum absolute atomic E-state index is 11.7. The third-order valence-corrected chi connectivity index (χ3v) is 4.05. The Hall–Kier alpha value is -1.13. The van der Waals surface area contributed by atoms with Crippen LogP contribution in [0.25, 0.3) is 10.2 Å². The molecule has 0 aliphatic rings. The van der Waals surface area contributed by atoms with Crippen molar-refractivity contribution in [1.82, 2.24) is 4.98 Å². The molecule has 0 saturated heterocycles. The van der Waals surface area contributed by atoms with E-state index >= 15 is 0 Å². The highest BCUT2D eigenvalue weighted by atomic mass is 35.5. The Morgan fingerprint density at radius 2 is 2.16 bits per heavy atom. The molecule has 0 spiro atoms. The maximum Gasteiger partial charge on any atom is 0.226 e. The fourth-order valence-corrected chi connectivity index (χ4v) is 3.23. The lowest BCUT2D eigenvalue weighted by Gasteiger charge is -1.99. The predicted molar refractivity (Wildman–Crippen MR) is 82.3 cm³/mol. The Bertz CT molecular complexity index is 594. The van der Waals surface area contributed by atoms with Gasteiger partial charge in [-0.2, -0.15) is 0 Å². The van der Waals surface area contributed by atoms with Crippen molar-refractivity contribution < 1.29 is 4.79 Å². The number of carbonyl (C=O) groups excluding carboxylic acids is 1. The quantitative estimate of drug-likeness (QED) is 0.661. The number of halogens is 1. The minimum absolute atomic E-state index is 0.0125. The molecule has 0 saturated carbocycles. The Morgan fingerprint density at radius 3 is 2.89 bits per heavy atom. The molecule has 3 nitrogen and oxygen atoms in total. The molecule has 0 fully saturated rings. The summed E-state index contributed by atoms with van der Waals surface area (Å²) in [7, 11) is 0. The standard InChI is InChI=1S/C14H17ClN2OS/c1-9-7-10(2)13-11(8-9)19-14(17-13)16-12(18)5-3-4-6-15/h7-8H,3-6H2,1-2H3,(H,16,17,18). The van der Waals surface area contributed by atoms with E-state index in [1.54, 1.807) is 0 Å². The Morgan fingerprint density at radius 1 is 1.37 bits per heavy atom. The van der Waals surface area contributed by atoms with Crippen LogP contribution in [0.2, 0.25) is 0 Å². The third kappa shape index (κ3) is 3.67. The number of aryl methyl sites for hydroxylation is 2. The molecule has 0 bridgehead atoms. The van der Waals surface area contributed by atoms with Crippen molar-refractivity contribution in [2.45, 2.75) is 33.1 Å².